The van der Waals surface area contributed by atoms with Gasteiger partial charge in [0.1, 0.15) is 6.26 Å². The molecule has 0 aliphatic rings. The Morgan fingerprint density at radius 2 is 2.17 bits per heavy atom. The van der Waals surface area contributed by atoms with E-state index in [2.05, 4.69) is 4.98 Å². The minimum absolute atomic E-state index is 0.0154. The van der Waals surface area contributed by atoms with Crippen LogP contribution >= 0.6 is 0 Å². The topological polar surface area (TPSA) is 83.6 Å². The average Bonchev–Trinajstić information content (AvgIpc) is 2.69. The lowest BCUT2D eigenvalue weighted by Gasteiger charge is -2.20. The van der Waals surface area contributed by atoms with Gasteiger partial charge in [0, 0.05) is 18.9 Å². The van der Waals surface area contributed by atoms with Crippen molar-refractivity contribution >= 4 is 17.9 Å². The SMILES string of the molecule is Cc1coc(N(CCCC(=O)O)C(=O)C(C)C)n1. The first-order valence-electron chi connectivity index (χ1n) is 5.87. The molecule has 100 valence electrons. The van der Waals surface area contributed by atoms with Crippen LogP contribution in [0.1, 0.15) is 32.4 Å². The second-order valence-corrected chi connectivity index (χ2v) is 4.41. The molecular weight excluding hydrogens is 236 g/mol. The van der Waals surface area contributed by atoms with Crippen LogP contribution in [-0.4, -0.2) is 28.5 Å². The zero-order chi connectivity index (χ0) is 13.7. The normalized spacial score (nSPS) is 10.7. The molecular formula is C12H18N2O4. The van der Waals surface area contributed by atoms with E-state index in [9.17, 15) is 9.59 Å². The quantitative estimate of drug-likeness (QED) is 0.837. The number of aromatic nitrogens is 1. The number of carboxylic acid groups (broad SMARTS) is 1. The molecule has 1 aromatic rings. The summed E-state index contributed by atoms with van der Waals surface area (Å²) in [6, 6.07) is 0.233. The second-order valence-electron chi connectivity index (χ2n) is 4.41. The number of hydrogen-bond acceptors (Lipinski definition) is 4. The summed E-state index contributed by atoms with van der Waals surface area (Å²) in [4.78, 5) is 28.0. The van der Waals surface area contributed by atoms with Gasteiger partial charge in [-0.05, 0) is 13.3 Å². The number of carboxylic acids is 1. The van der Waals surface area contributed by atoms with Crippen molar-refractivity contribution in [2.24, 2.45) is 5.92 Å². The highest BCUT2D eigenvalue weighted by molar-refractivity contribution is 5.92. The fourth-order valence-corrected chi connectivity index (χ4v) is 1.47. The van der Waals surface area contributed by atoms with Crippen molar-refractivity contribution < 1.29 is 19.1 Å². The van der Waals surface area contributed by atoms with E-state index in [1.807, 2.05) is 0 Å². The van der Waals surface area contributed by atoms with Gasteiger partial charge in [-0.2, -0.15) is 4.98 Å². The molecule has 0 fully saturated rings. The summed E-state index contributed by atoms with van der Waals surface area (Å²) < 4.78 is 5.20. The Bertz CT molecular complexity index is 425. The third kappa shape index (κ3) is 3.87. The van der Waals surface area contributed by atoms with E-state index in [4.69, 9.17) is 9.52 Å². The van der Waals surface area contributed by atoms with Gasteiger partial charge < -0.3 is 9.52 Å². The van der Waals surface area contributed by atoms with Gasteiger partial charge in [0.05, 0.1) is 5.69 Å². The number of carbonyl (C=O) groups excluding carboxylic acids is 1. The summed E-state index contributed by atoms with van der Waals surface area (Å²) in [7, 11) is 0. The van der Waals surface area contributed by atoms with Crippen LogP contribution < -0.4 is 4.90 Å². The van der Waals surface area contributed by atoms with E-state index in [1.54, 1.807) is 20.8 Å². The number of amides is 1. The first-order chi connectivity index (χ1) is 8.41. The molecule has 0 radical (unpaired) electrons. The maximum atomic E-state index is 12.0. The van der Waals surface area contributed by atoms with Crippen molar-refractivity contribution in [1.82, 2.24) is 4.98 Å². The molecule has 1 rings (SSSR count). The predicted molar refractivity (Wildman–Crippen MR) is 65.3 cm³/mol. The molecule has 0 aromatic carbocycles. The number of rotatable bonds is 6. The maximum absolute atomic E-state index is 12.0. The van der Waals surface area contributed by atoms with E-state index >= 15 is 0 Å². The van der Waals surface area contributed by atoms with Crippen LogP contribution in [0.3, 0.4) is 0 Å². The molecule has 0 saturated heterocycles. The molecule has 1 amide bonds. The number of aryl methyl sites for hydroxylation is 1. The average molecular weight is 254 g/mol. The highest BCUT2D eigenvalue weighted by atomic mass is 16.4. The Morgan fingerprint density at radius 1 is 1.50 bits per heavy atom. The lowest BCUT2D eigenvalue weighted by atomic mass is 10.2. The summed E-state index contributed by atoms with van der Waals surface area (Å²) in [6.07, 6.45) is 1.85. The van der Waals surface area contributed by atoms with Crippen LogP contribution in [0.4, 0.5) is 6.01 Å². The van der Waals surface area contributed by atoms with Crippen LogP contribution in [0.2, 0.25) is 0 Å². The Labute approximate surface area is 106 Å². The summed E-state index contributed by atoms with van der Waals surface area (Å²) in [5.74, 6) is -1.19. The number of carbonyl (C=O) groups is 2. The standard InChI is InChI=1S/C12H18N2O4/c1-8(2)11(17)14(6-4-5-10(15)16)12-13-9(3)7-18-12/h7-8H,4-6H2,1-3H3,(H,15,16). The maximum Gasteiger partial charge on any atom is 0.304 e. The molecule has 0 bridgehead atoms. The fourth-order valence-electron chi connectivity index (χ4n) is 1.47. The number of anilines is 1. The van der Waals surface area contributed by atoms with Crippen molar-refractivity contribution in [3.05, 3.63) is 12.0 Å². The van der Waals surface area contributed by atoms with Crippen LogP contribution in [0.5, 0.6) is 0 Å². The van der Waals surface area contributed by atoms with Crippen molar-refractivity contribution in [1.29, 1.82) is 0 Å². The van der Waals surface area contributed by atoms with Gasteiger partial charge in [0.25, 0.3) is 0 Å². The summed E-state index contributed by atoms with van der Waals surface area (Å²) in [5, 5.41) is 8.61. The third-order valence-electron chi connectivity index (χ3n) is 2.37. The monoisotopic (exact) mass is 254 g/mol. The molecule has 0 saturated carbocycles. The molecule has 1 heterocycles. The minimum atomic E-state index is -0.879. The highest BCUT2D eigenvalue weighted by Crippen LogP contribution is 2.16. The van der Waals surface area contributed by atoms with E-state index in [0.29, 0.717) is 18.7 Å². The van der Waals surface area contributed by atoms with Gasteiger partial charge in [-0.3, -0.25) is 14.5 Å². The van der Waals surface area contributed by atoms with Gasteiger partial charge in [0.2, 0.25) is 5.91 Å². The lowest BCUT2D eigenvalue weighted by Crippen LogP contribution is -2.35. The van der Waals surface area contributed by atoms with Crippen molar-refractivity contribution in [3.63, 3.8) is 0 Å². The number of oxazole rings is 1. The van der Waals surface area contributed by atoms with Crippen LogP contribution in [0.25, 0.3) is 0 Å². The van der Waals surface area contributed by atoms with E-state index in [0.717, 1.165) is 0 Å². The number of nitrogens with zero attached hydrogens (tertiary/aromatic N) is 2. The lowest BCUT2D eigenvalue weighted by molar-refractivity contribution is -0.137. The number of hydrogen-bond donors (Lipinski definition) is 1. The Kier molecular flexibility index (Phi) is 4.88. The minimum Gasteiger partial charge on any atom is -0.481 e. The van der Waals surface area contributed by atoms with E-state index < -0.39 is 5.97 Å². The predicted octanol–water partition coefficient (Wildman–Crippen LogP) is 1.84. The molecule has 6 nitrogen and oxygen atoms in total. The highest BCUT2D eigenvalue weighted by Gasteiger charge is 2.22. The molecule has 0 atom stereocenters. The van der Waals surface area contributed by atoms with Crippen molar-refractivity contribution in [3.8, 4) is 0 Å². The molecule has 0 aliphatic carbocycles. The zero-order valence-electron chi connectivity index (χ0n) is 10.8. The van der Waals surface area contributed by atoms with E-state index in [1.165, 1.54) is 11.2 Å². The molecule has 1 aromatic heterocycles. The van der Waals surface area contributed by atoms with E-state index in [-0.39, 0.29) is 24.3 Å². The second kappa shape index (κ2) is 6.18. The first-order valence-corrected chi connectivity index (χ1v) is 5.87. The summed E-state index contributed by atoms with van der Waals surface area (Å²) in [6.45, 7) is 5.62. The Hall–Kier alpha value is -1.85. The van der Waals surface area contributed by atoms with Crippen LogP contribution in [0.15, 0.2) is 10.7 Å². The molecule has 6 heteroatoms. The fraction of sp³-hybridized carbons (Fsp3) is 0.583. The first kappa shape index (κ1) is 14.2. The van der Waals surface area contributed by atoms with Crippen molar-refractivity contribution in [2.75, 3.05) is 11.4 Å². The van der Waals surface area contributed by atoms with Gasteiger partial charge >= 0.3 is 12.0 Å². The largest absolute Gasteiger partial charge is 0.481 e. The van der Waals surface area contributed by atoms with Gasteiger partial charge in [0.15, 0.2) is 0 Å². The van der Waals surface area contributed by atoms with Gasteiger partial charge in [-0.1, -0.05) is 13.8 Å². The molecule has 0 unspecified atom stereocenters. The van der Waals surface area contributed by atoms with Gasteiger partial charge in [-0.15, -0.1) is 0 Å². The third-order valence-corrected chi connectivity index (χ3v) is 2.37. The molecule has 0 aliphatic heterocycles. The number of aliphatic carboxylic acids is 1. The Balaban J connectivity index is 2.75. The zero-order valence-corrected chi connectivity index (χ0v) is 10.8. The molecule has 0 spiro atoms. The van der Waals surface area contributed by atoms with Crippen LogP contribution in [0, 0.1) is 12.8 Å². The van der Waals surface area contributed by atoms with Crippen molar-refractivity contribution in [2.45, 2.75) is 33.6 Å². The van der Waals surface area contributed by atoms with Crippen LogP contribution in [-0.2, 0) is 9.59 Å². The molecule has 18 heavy (non-hydrogen) atoms. The molecule has 1 N–H and O–H groups in total. The summed E-state index contributed by atoms with van der Waals surface area (Å²) >= 11 is 0. The summed E-state index contributed by atoms with van der Waals surface area (Å²) in [5.41, 5.74) is 0.685. The Morgan fingerprint density at radius 3 is 2.61 bits per heavy atom. The smallest absolute Gasteiger partial charge is 0.304 e. The van der Waals surface area contributed by atoms with Gasteiger partial charge in [-0.25, -0.2) is 0 Å².